The molecular formula is C18H22ClN7. The van der Waals surface area contributed by atoms with Gasteiger partial charge in [-0.15, -0.1) is 0 Å². The highest BCUT2D eigenvalue weighted by Crippen LogP contribution is 2.26. The zero-order chi connectivity index (χ0) is 17.9. The Morgan fingerprint density at radius 3 is 3.15 bits per heavy atom. The number of anilines is 3. The summed E-state index contributed by atoms with van der Waals surface area (Å²) in [5.74, 6) is 1.75. The maximum atomic E-state index is 6.33. The lowest BCUT2D eigenvalue weighted by Crippen LogP contribution is -2.43. The Kier molecular flexibility index (Phi) is 4.90. The molecule has 4 rings (SSSR count). The van der Waals surface area contributed by atoms with Gasteiger partial charge in [-0.2, -0.15) is 4.98 Å². The highest BCUT2D eigenvalue weighted by atomic mass is 35.5. The van der Waals surface area contributed by atoms with E-state index in [-0.39, 0.29) is 0 Å². The second-order valence-electron chi connectivity index (χ2n) is 6.54. The van der Waals surface area contributed by atoms with E-state index < -0.39 is 0 Å². The van der Waals surface area contributed by atoms with E-state index in [4.69, 9.17) is 11.6 Å². The first kappa shape index (κ1) is 17.1. The van der Waals surface area contributed by atoms with Crippen LogP contribution in [0, 0.1) is 5.92 Å². The third kappa shape index (κ3) is 3.59. The van der Waals surface area contributed by atoms with Gasteiger partial charge in [0.15, 0.2) is 5.82 Å². The fourth-order valence-electron chi connectivity index (χ4n) is 3.36. The number of nitrogens with one attached hydrogen (secondary N) is 3. The molecule has 1 aliphatic heterocycles. The summed E-state index contributed by atoms with van der Waals surface area (Å²) in [6.45, 7) is 4.24. The van der Waals surface area contributed by atoms with Crippen molar-refractivity contribution in [3.63, 3.8) is 0 Å². The van der Waals surface area contributed by atoms with Gasteiger partial charge in [0.2, 0.25) is 5.95 Å². The third-order valence-electron chi connectivity index (χ3n) is 4.85. The van der Waals surface area contributed by atoms with Gasteiger partial charge in [0, 0.05) is 36.4 Å². The number of piperidine rings is 1. The average molecular weight is 372 g/mol. The first-order chi connectivity index (χ1) is 12.7. The summed E-state index contributed by atoms with van der Waals surface area (Å²) in [6.07, 6.45) is 9.42. The lowest BCUT2D eigenvalue weighted by atomic mass is 9.91. The maximum Gasteiger partial charge on any atom is 0.229 e. The minimum Gasteiger partial charge on any atom is -0.366 e. The number of aromatic nitrogens is 4. The number of pyridine rings is 1. The molecule has 0 aromatic carbocycles. The quantitative estimate of drug-likeness (QED) is 0.638. The van der Waals surface area contributed by atoms with E-state index in [2.05, 4.69) is 37.8 Å². The van der Waals surface area contributed by atoms with Crippen LogP contribution in [0.1, 0.15) is 19.8 Å². The molecule has 1 aliphatic rings. The van der Waals surface area contributed by atoms with Crippen molar-refractivity contribution in [2.24, 2.45) is 5.92 Å². The van der Waals surface area contributed by atoms with Gasteiger partial charge in [-0.3, -0.25) is 0 Å². The smallest absolute Gasteiger partial charge is 0.229 e. The molecule has 3 N–H and O–H groups in total. The molecule has 0 saturated carbocycles. The molecule has 0 spiro atoms. The Morgan fingerprint density at radius 2 is 2.27 bits per heavy atom. The van der Waals surface area contributed by atoms with Gasteiger partial charge in [-0.25, -0.2) is 9.97 Å². The number of halogens is 1. The fraction of sp³-hybridized carbons (Fsp3) is 0.389. The second-order valence-corrected chi connectivity index (χ2v) is 6.94. The Bertz CT molecular complexity index is 894. The van der Waals surface area contributed by atoms with Gasteiger partial charge >= 0.3 is 0 Å². The summed E-state index contributed by atoms with van der Waals surface area (Å²) >= 11 is 6.33. The van der Waals surface area contributed by atoms with Crippen LogP contribution in [-0.4, -0.2) is 38.5 Å². The maximum absolute atomic E-state index is 6.33. The van der Waals surface area contributed by atoms with Crippen LogP contribution in [0.25, 0.3) is 5.65 Å². The van der Waals surface area contributed by atoms with Gasteiger partial charge in [-0.05, 0) is 31.5 Å². The first-order valence-corrected chi connectivity index (χ1v) is 9.30. The number of rotatable bonds is 5. The standard InChI is InChI=1S/C18H22ClN7/c1-2-12-10-20-5-3-15(12)24-17-14(19)11-22-18(25-17)23-13-4-7-26-8-6-21-16(26)9-13/h4,6-9,11-12,15,20H,2-3,5,10H2,1H3,(H2,22,23,24,25). The molecule has 1 saturated heterocycles. The molecule has 0 amide bonds. The molecule has 0 aliphatic carbocycles. The minimum atomic E-state index is 0.364. The van der Waals surface area contributed by atoms with E-state index in [0.29, 0.717) is 28.7 Å². The lowest BCUT2D eigenvalue weighted by Gasteiger charge is -2.32. The number of fused-ring (bicyclic) bond motifs is 1. The van der Waals surface area contributed by atoms with Gasteiger partial charge in [-0.1, -0.05) is 24.9 Å². The van der Waals surface area contributed by atoms with Gasteiger partial charge in [0.05, 0.1) is 6.20 Å². The number of imidazole rings is 1. The molecule has 8 heteroatoms. The van der Waals surface area contributed by atoms with Gasteiger partial charge < -0.3 is 20.4 Å². The van der Waals surface area contributed by atoms with E-state index in [1.54, 1.807) is 12.4 Å². The van der Waals surface area contributed by atoms with Gasteiger partial charge in [0.1, 0.15) is 10.7 Å². The fourth-order valence-corrected chi connectivity index (χ4v) is 3.51. The zero-order valence-corrected chi connectivity index (χ0v) is 15.4. The molecule has 26 heavy (non-hydrogen) atoms. The SMILES string of the molecule is CCC1CNCCC1Nc1nc(Nc2ccn3ccnc3c2)ncc1Cl. The van der Waals surface area contributed by atoms with E-state index in [1.165, 1.54) is 0 Å². The minimum absolute atomic E-state index is 0.364. The summed E-state index contributed by atoms with van der Waals surface area (Å²) in [6, 6.07) is 4.27. The number of hydrogen-bond acceptors (Lipinski definition) is 6. The van der Waals surface area contributed by atoms with Crippen molar-refractivity contribution in [3.8, 4) is 0 Å². The predicted molar refractivity (Wildman–Crippen MR) is 104 cm³/mol. The molecule has 7 nitrogen and oxygen atoms in total. The summed E-state index contributed by atoms with van der Waals surface area (Å²) in [4.78, 5) is 13.2. The van der Waals surface area contributed by atoms with Crippen LogP contribution < -0.4 is 16.0 Å². The van der Waals surface area contributed by atoms with Crippen molar-refractivity contribution in [1.82, 2.24) is 24.7 Å². The highest BCUT2D eigenvalue weighted by molar-refractivity contribution is 6.32. The topological polar surface area (TPSA) is 79.2 Å². The monoisotopic (exact) mass is 371 g/mol. The normalized spacial score (nSPS) is 20.2. The van der Waals surface area contributed by atoms with Crippen LogP contribution >= 0.6 is 11.6 Å². The average Bonchev–Trinajstić information content (AvgIpc) is 3.13. The molecule has 4 heterocycles. The number of hydrogen-bond donors (Lipinski definition) is 3. The molecule has 0 bridgehead atoms. The summed E-state index contributed by atoms with van der Waals surface area (Å²) < 4.78 is 1.95. The van der Waals surface area contributed by atoms with Crippen molar-refractivity contribution >= 4 is 34.7 Å². The van der Waals surface area contributed by atoms with Crippen LogP contribution in [0.5, 0.6) is 0 Å². The van der Waals surface area contributed by atoms with Crippen molar-refractivity contribution in [2.75, 3.05) is 23.7 Å². The Morgan fingerprint density at radius 1 is 1.35 bits per heavy atom. The van der Waals surface area contributed by atoms with E-state index in [9.17, 15) is 0 Å². The molecule has 1 fully saturated rings. The molecule has 2 atom stereocenters. The molecular weight excluding hydrogens is 350 g/mol. The summed E-state index contributed by atoms with van der Waals surface area (Å²) in [7, 11) is 0. The van der Waals surface area contributed by atoms with Crippen molar-refractivity contribution in [2.45, 2.75) is 25.8 Å². The molecule has 136 valence electrons. The largest absolute Gasteiger partial charge is 0.366 e. The second kappa shape index (κ2) is 7.47. The van der Waals surface area contributed by atoms with E-state index in [0.717, 1.165) is 37.3 Å². The zero-order valence-electron chi connectivity index (χ0n) is 14.6. The third-order valence-corrected chi connectivity index (χ3v) is 5.13. The van der Waals surface area contributed by atoms with E-state index >= 15 is 0 Å². The van der Waals surface area contributed by atoms with E-state index in [1.807, 2.05) is 28.9 Å². The van der Waals surface area contributed by atoms with Crippen LogP contribution in [0.15, 0.2) is 36.9 Å². The van der Waals surface area contributed by atoms with Crippen LogP contribution in [0.4, 0.5) is 17.5 Å². The number of nitrogens with zero attached hydrogens (tertiary/aromatic N) is 4. The predicted octanol–water partition coefficient (Wildman–Crippen LogP) is 3.32. The summed E-state index contributed by atoms with van der Waals surface area (Å²) in [5, 5.41) is 10.7. The van der Waals surface area contributed by atoms with Crippen molar-refractivity contribution in [3.05, 3.63) is 41.9 Å². The highest BCUT2D eigenvalue weighted by Gasteiger charge is 2.24. The van der Waals surface area contributed by atoms with Crippen molar-refractivity contribution in [1.29, 1.82) is 0 Å². The van der Waals surface area contributed by atoms with Crippen LogP contribution in [0.3, 0.4) is 0 Å². The first-order valence-electron chi connectivity index (χ1n) is 8.92. The molecule has 0 radical (unpaired) electrons. The molecule has 3 aromatic heterocycles. The van der Waals surface area contributed by atoms with Crippen molar-refractivity contribution < 1.29 is 0 Å². The lowest BCUT2D eigenvalue weighted by molar-refractivity contribution is 0.335. The van der Waals surface area contributed by atoms with Crippen LogP contribution in [-0.2, 0) is 0 Å². The Balaban J connectivity index is 1.53. The Hall–Kier alpha value is -2.38. The van der Waals surface area contributed by atoms with Crippen LogP contribution in [0.2, 0.25) is 5.02 Å². The molecule has 3 aromatic rings. The molecule has 2 unspecified atom stereocenters. The van der Waals surface area contributed by atoms with Gasteiger partial charge in [0.25, 0.3) is 0 Å². The Labute approximate surface area is 157 Å². The summed E-state index contributed by atoms with van der Waals surface area (Å²) in [5.41, 5.74) is 1.74.